The standard InChI is InChI=1S/C24H25N5O2/c30-23-24(31-12-11-29(23)16-19-5-9-25-10-6-19)18-28(15-20-3-1-7-26-13-20)17-22(24)21-4-2-8-27-14-21/h1-10,13-14,22H,11-12,15-18H2/t22-,24+/m1/s1. The van der Waals surface area contributed by atoms with Crippen molar-refractivity contribution < 1.29 is 9.53 Å². The first kappa shape index (κ1) is 19.8. The van der Waals surface area contributed by atoms with Crippen molar-refractivity contribution in [1.29, 1.82) is 0 Å². The van der Waals surface area contributed by atoms with Gasteiger partial charge in [0.15, 0.2) is 5.60 Å². The molecule has 0 unspecified atom stereocenters. The van der Waals surface area contributed by atoms with E-state index in [0.29, 0.717) is 26.2 Å². The molecule has 2 aliphatic rings. The summed E-state index contributed by atoms with van der Waals surface area (Å²) in [6.07, 6.45) is 10.8. The number of nitrogens with zero attached hydrogens (tertiary/aromatic N) is 5. The highest BCUT2D eigenvalue weighted by Gasteiger charge is 2.56. The maximum absolute atomic E-state index is 13.9. The van der Waals surface area contributed by atoms with Gasteiger partial charge in [0.05, 0.1) is 6.61 Å². The highest BCUT2D eigenvalue weighted by Crippen LogP contribution is 2.42. The molecule has 0 saturated carbocycles. The number of carbonyl (C=O) groups excluding carboxylic acids is 1. The molecule has 5 rings (SSSR count). The van der Waals surface area contributed by atoms with Gasteiger partial charge in [-0.1, -0.05) is 12.1 Å². The minimum atomic E-state index is -0.906. The molecule has 5 heterocycles. The highest BCUT2D eigenvalue weighted by atomic mass is 16.5. The summed E-state index contributed by atoms with van der Waals surface area (Å²) in [6, 6.07) is 11.9. The van der Waals surface area contributed by atoms with Gasteiger partial charge in [0.1, 0.15) is 0 Å². The molecule has 3 aromatic heterocycles. The summed E-state index contributed by atoms with van der Waals surface area (Å²) in [7, 11) is 0. The van der Waals surface area contributed by atoms with Gasteiger partial charge in [0.25, 0.3) is 5.91 Å². The second kappa shape index (κ2) is 8.53. The van der Waals surface area contributed by atoms with Gasteiger partial charge in [-0.05, 0) is 41.0 Å². The van der Waals surface area contributed by atoms with Crippen LogP contribution in [-0.4, -0.2) is 62.5 Å². The third-order valence-corrected chi connectivity index (χ3v) is 6.17. The maximum atomic E-state index is 13.9. The van der Waals surface area contributed by atoms with Gasteiger partial charge < -0.3 is 9.64 Å². The number of hydrogen-bond acceptors (Lipinski definition) is 6. The van der Waals surface area contributed by atoms with Crippen molar-refractivity contribution in [1.82, 2.24) is 24.8 Å². The Kier molecular flexibility index (Phi) is 5.44. The van der Waals surface area contributed by atoms with Gasteiger partial charge in [0.2, 0.25) is 0 Å². The zero-order valence-electron chi connectivity index (χ0n) is 17.3. The van der Waals surface area contributed by atoms with E-state index in [0.717, 1.165) is 29.8 Å². The number of aromatic nitrogens is 3. The van der Waals surface area contributed by atoms with Gasteiger partial charge in [-0.2, -0.15) is 0 Å². The van der Waals surface area contributed by atoms with E-state index in [1.54, 1.807) is 24.8 Å². The van der Waals surface area contributed by atoms with Crippen molar-refractivity contribution in [3.8, 4) is 0 Å². The van der Waals surface area contributed by atoms with Gasteiger partial charge in [-0.15, -0.1) is 0 Å². The number of pyridine rings is 3. The van der Waals surface area contributed by atoms with Crippen molar-refractivity contribution in [3.63, 3.8) is 0 Å². The average molecular weight is 415 g/mol. The molecule has 1 spiro atoms. The van der Waals surface area contributed by atoms with E-state index < -0.39 is 5.60 Å². The second-order valence-corrected chi connectivity index (χ2v) is 8.19. The molecule has 2 aliphatic heterocycles. The number of ether oxygens (including phenoxy) is 1. The fraction of sp³-hybridized carbons (Fsp3) is 0.333. The molecule has 0 aromatic carbocycles. The summed E-state index contributed by atoms with van der Waals surface area (Å²) < 4.78 is 6.35. The number of hydrogen-bond donors (Lipinski definition) is 0. The Balaban J connectivity index is 1.45. The van der Waals surface area contributed by atoms with E-state index in [1.165, 1.54) is 0 Å². The van der Waals surface area contributed by atoms with Gasteiger partial charge in [-0.25, -0.2) is 0 Å². The van der Waals surface area contributed by atoms with E-state index in [-0.39, 0.29) is 11.8 Å². The fourth-order valence-electron chi connectivity index (χ4n) is 4.73. The van der Waals surface area contributed by atoms with Crippen LogP contribution in [0, 0.1) is 0 Å². The normalized spacial score (nSPS) is 24.1. The van der Waals surface area contributed by atoms with Crippen LogP contribution in [0.4, 0.5) is 0 Å². The van der Waals surface area contributed by atoms with Crippen molar-refractivity contribution in [3.05, 3.63) is 90.3 Å². The van der Waals surface area contributed by atoms with E-state index in [4.69, 9.17) is 4.74 Å². The lowest BCUT2D eigenvalue weighted by molar-refractivity contribution is -0.173. The lowest BCUT2D eigenvalue weighted by Gasteiger charge is -2.42. The van der Waals surface area contributed by atoms with E-state index in [1.807, 2.05) is 47.6 Å². The number of amides is 1. The van der Waals surface area contributed by atoms with Gasteiger partial charge >= 0.3 is 0 Å². The Morgan fingerprint density at radius 2 is 1.74 bits per heavy atom. The first-order chi connectivity index (χ1) is 15.2. The van der Waals surface area contributed by atoms with Crippen LogP contribution in [0.1, 0.15) is 22.6 Å². The summed E-state index contributed by atoms with van der Waals surface area (Å²) in [5.74, 6) is -0.0243. The largest absolute Gasteiger partial charge is 0.361 e. The molecule has 7 heteroatoms. The van der Waals surface area contributed by atoms with Crippen molar-refractivity contribution in [2.45, 2.75) is 24.6 Å². The monoisotopic (exact) mass is 415 g/mol. The lowest BCUT2D eigenvalue weighted by Crippen LogP contribution is -2.59. The highest BCUT2D eigenvalue weighted by molar-refractivity contribution is 5.88. The molecule has 31 heavy (non-hydrogen) atoms. The smallest absolute Gasteiger partial charge is 0.257 e. The summed E-state index contributed by atoms with van der Waals surface area (Å²) in [6.45, 7) is 3.68. The van der Waals surface area contributed by atoms with Crippen LogP contribution >= 0.6 is 0 Å². The zero-order chi connectivity index (χ0) is 21.1. The van der Waals surface area contributed by atoms with Crippen molar-refractivity contribution in [2.24, 2.45) is 0 Å². The lowest BCUT2D eigenvalue weighted by atomic mass is 9.83. The molecule has 0 N–H and O–H groups in total. The van der Waals surface area contributed by atoms with Crippen LogP contribution in [0.2, 0.25) is 0 Å². The van der Waals surface area contributed by atoms with Crippen LogP contribution < -0.4 is 0 Å². The van der Waals surface area contributed by atoms with Crippen molar-refractivity contribution in [2.75, 3.05) is 26.2 Å². The van der Waals surface area contributed by atoms with E-state index in [2.05, 4.69) is 25.9 Å². The number of carbonyl (C=O) groups is 1. The molecular formula is C24H25N5O2. The molecule has 3 aromatic rings. The first-order valence-electron chi connectivity index (χ1n) is 10.6. The van der Waals surface area contributed by atoms with Crippen molar-refractivity contribution >= 4 is 5.91 Å². The topological polar surface area (TPSA) is 71.5 Å². The molecule has 158 valence electrons. The molecule has 0 aliphatic carbocycles. The Labute approximate surface area is 181 Å². The molecule has 1 amide bonds. The quantitative estimate of drug-likeness (QED) is 0.637. The third kappa shape index (κ3) is 3.94. The Morgan fingerprint density at radius 1 is 0.935 bits per heavy atom. The number of likely N-dealkylation sites (tertiary alicyclic amines) is 1. The number of morpholine rings is 1. The fourth-order valence-corrected chi connectivity index (χ4v) is 4.73. The molecule has 2 fully saturated rings. The molecule has 0 radical (unpaired) electrons. The van der Waals surface area contributed by atoms with Gasteiger partial charge in [0, 0.05) is 75.8 Å². The minimum Gasteiger partial charge on any atom is -0.361 e. The Hall–Kier alpha value is -3.16. The Bertz CT molecular complexity index is 1020. The molecule has 7 nitrogen and oxygen atoms in total. The van der Waals surface area contributed by atoms with Crippen LogP contribution in [0.15, 0.2) is 73.6 Å². The van der Waals surface area contributed by atoms with E-state index in [9.17, 15) is 4.79 Å². The summed E-state index contributed by atoms with van der Waals surface area (Å²) in [4.78, 5) is 30.7. The minimum absolute atomic E-state index is 0.0538. The summed E-state index contributed by atoms with van der Waals surface area (Å²) in [5, 5.41) is 0. The SMILES string of the molecule is O=C1N(Cc2ccncc2)CCO[C@]12CN(Cc1cccnc1)C[C@@H]2c1cccnc1. The molecule has 2 saturated heterocycles. The maximum Gasteiger partial charge on any atom is 0.257 e. The molecule has 2 atom stereocenters. The molecule has 0 bridgehead atoms. The first-order valence-corrected chi connectivity index (χ1v) is 10.6. The van der Waals surface area contributed by atoms with Crippen LogP contribution in [0.3, 0.4) is 0 Å². The summed E-state index contributed by atoms with van der Waals surface area (Å²) in [5.41, 5.74) is 2.33. The van der Waals surface area contributed by atoms with Gasteiger partial charge in [-0.3, -0.25) is 24.6 Å². The van der Waals surface area contributed by atoms with Crippen LogP contribution in [-0.2, 0) is 22.6 Å². The zero-order valence-corrected chi connectivity index (χ0v) is 17.3. The number of rotatable bonds is 5. The second-order valence-electron chi connectivity index (χ2n) is 8.19. The third-order valence-electron chi connectivity index (χ3n) is 6.17. The van der Waals surface area contributed by atoms with E-state index >= 15 is 0 Å². The molecular weight excluding hydrogens is 390 g/mol. The summed E-state index contributed by atoms with van der Waals surface area (Å²) >= 11 is 0. The average Bonchev–Trinajstić information content (AvgIpc) is 3.17. The van der Waals surface area contributed by atoms with Crippen LogP contribution in [0.5, 0.6) is 0 Å². The van der Waals surface area contributed by atoms with Crippen LogP contribution in [0.25, 0.3) is 0 Å². The predicted octanol–water partition coefficient (Wildman–Crippen LogP) is 2.27. The Morgan fingerprint density at radius 3 is 2.48 bits per heavy atom. The predicted molar refractivity (Wildman–Crippen MR) is 115 cm³/mol.